The molecule has 0 aliphatic heterocycles. The molecule has 0 unspecified atom stereocenters. The topological polar surface area (TPSA) is 17.1 Å². The van der Waals surface area contributed by atoms with Gasteiger partial charge in [-0.2, -0.15) is 0 Å². The van der Waals surface area contributed by atoms with Gasteiger partial charge in [-0.3, -0.25) is 4.79 Å². The smallest absolute Gasteiger partial charge is 0.135 e. The molecule has 0 aromatic heterocycles. The van der Waals surface area contributed by atoms with Crippen molar-refractivity contribution in [2.45, 2.75) is 33.1 Å². The molecule has 0 radical (unpaired) electrons. The first-order valence-corrected chi connectivity index (χ1v) is 3.22. The molecule has 0 N–H and O–H groups in total. The van der Waals surface area contributed by atoms with Crippen molar-refractivity contribution in [1.82, 2.24) is 0 Å². The minimum Gasteiger partial charge on any atom is -0.299 e. The highest BCUT2D eigenvalue weighted by Gasteiger charge is 2.44. The van der Waals surface area contributed by atoms with E-state index in [1.165, 1.54) is 0 Å². The summed E-state index contributed by atoms with van der Waals surface area (Å²) in [5, 5.41) is 0. The molecular weight excluding hydrogens is 100 g/mol. The van der Waals surface area contributed by atoms with Crippen LogP contribution < -0.4 is 0 Å². The second-order valence-corrected chi connectivity index (χ2v) is 2.69. The first kappa shape index (κ1) is 5.80. The molecule has 0 aromatic rings. The van der Waals surface area contributed by atoms with E-state index < -0.39 is 0 Å². The van der Waals surface area contributed by atoms with Crippen LogP contribution in [-0.4, -0.2) is 5.78 Å². The van der Waals surface area contributed by atoms with Crippen LogP contribution in [0.15, 0.2) is 0 Å². The van der Waals surface area contributed by atoms with E-state index in [-0.39, 0.29) is 5.41 Å². The Morgan fingerprint density at radius 3 is 2.12 bits per heavy atom. The average Bonchev–Trinajstić information content (AvgIpc) is 2.44. The maximum atomic E-state index is 10.8. The normalized spacial score (nSPS) is 22.8. The van der Waals surface area contributed by atoms with Crippen LogP contribution in [0.25, 0.3) is 0 Å². The Kier molecular flexibility index (Phi) is 1.14. The molecule has 0 amide bonds. The van der Waals surface area contributed by atoms with Crippen LogP contribution in [-0.2, 0) is 4.79 Å². The first-order chi connectivity index (χ1) is 3.71. The quantitative estimate of drug-likeness (QED) is 0.532. The van der Waals surface area contributed by atoms with Crippen molar-refractivity contribution in [2.75, 3.05) is 0 Å². The summed E-state index contributed by atoms with van der Waals surface area (Å²) in [5.41, 5.74) is 0.153. The summed E-state index contributed by atoms with van der Waals surface area (Å²) in [6.07, 6.45) is 3.32. The minimum atomic E-state index is 0.153. The molecule has 1 aliphatic carbocycles. The summed E-state index contributed by atoms with van der Waals surface area (Å²) in [4.78, 5) is 10.8. The molecule has 1 nitrogen and oxygen atoms in total. The predicted molar refractivity (Wildman–Crippen MR) is 32.6 cm³/mol. The maximum absolute atomic E-state index is 10.8. The van der Waals surface area contributed by atoms with Crippen LogP contribution >= 0.6 is 0 Å². The zero-order valence-corrected chi connectivity index (χ0v) is 5.53. The van der Waals surface area contributed by atoms with Gasteiger partial charge in [0.05, 0.1) is 0 Å². The summed E-state index contributed by atoms with van der Waals surface area (Å²) in [6, 6.07) is 0. The lowest BCUT2D eigenvalue weighted by molar-refractivity contribution is -0.122. The van der Waals surface area contributed by atoms with Gasteiger partial charge in [0.2, 0.25) is 0 Å². The van der Waals surface area contributed by atoms with E-state index in [2.05, 4.69) is 6.92 Å². The van der Waals surface area contributed by atoms with Crippen LogP contribution in [0.2, 0.25) is 0 Å². The summed E-state index contributed by atoms with van der Waals surface area (Å²) in [5.74, 6) is 0.389. The van der Waals surface area contributed by atoms with E-state index in [0.29, 0.717) is 5.78 Å². The Balaban J connectivity index is 2.53. The third-order valence-electron chi connectivity index (χ3n) is 2.28. The van der Waals surface area contributed by atoms with Gasteiger partial charge in [-0.15, -0.1) is 0 Å². The highest BCUT2D eigenvalue weighted by Crippen LogP contribution is 2.49. The number of carbonyl (C=O) groups is 1. The van der Waals surface area contributed by atoms with Crippen LogP contribution in [0, 0.1) is 5.41 Å². The van der Waals surface area contributed by atoms with Crippen molar-refractivity contribution >= 4 is 5.78 Å². The van der Waals surface area contributed by atoms with Gasteiger partial charge in [0.1, 0.15) is 5.78 Å². The fraction of sp³-hybridized carbons (Fsp3) is 0.857. The Hall–Kier alpha value is -0.330. The Morgan fingerprint density at radius 2 is 2.12 bits per heavy atom. The van der Waals surface area contributed by atoms with E-state index in [9.17, 15) is 4.79 Å². The Labute approximate surface area is 50.1 Å². The fourth-order valence-corrected chi connectivity index (χ4v) is 1.11. The van der Waals surface area contributed by atoms with Gasteiger partial charge in [0.25, 0.3) is 0 Å². The minimum absolute atomic E-state index is 0.153. The third-order valence-corrected chi connectivity index (χ3v) is 2.28. The monoisotopic (exact) mass is 112 g/mol. The van der Waals surface area contributed by atoms with Crippen molar-refractivity contribution in [2.24, 2.45) is 5.41 Å². The largest absolute Gasteiger partial charge is 0.299 e. The van der Waals surface area contributed by atoms with Crippen LogP contribution in [0.5, 0.6) is 0 Å². The van der Waals surface area contributed by atoms with Crippen molar-refractivity contribution < 1.29 is 4.79 Å². The predicted octanol–water partition coefficient (Wildman–Crippen LogP) is 1.77. The second-order valence-electron chi connectivity index (χ2n) is 2.69. The molecular formula is C7H12O. The zero-order valence-electron chi connectivity index (χ0n) is 5.53. The highest BCUT2D eigenvalue weighted by molar-refractivity contribution is 5.84. The maximum Gasteiger partial charge on any atom is 0.135 e. The molecule has 1 saturated carbocycles. The van der Waals surface area contributed by atoms with E-state index >= 15 is 0 Å². The lowest BCUT2D eigenvalue weighted by Crippen LogP contribution is -2.09. The molecule has 1 heteroatoms. The standard InChI is InChI=1S/C7H12O/c1-3-7(4-5-7)6(2)8/h3-5H2,1-2H3. The third kappa shape index (κ3) is 0.662. The highest BCUT2D eigenvalue weighted by atomic mass is 16.1. The van der Waals surface area contributed by atoms with Gasteiger partial charge >= 0.3 is 0 Å². The van der Waals surface area contributed by atoms with E-state index in [0.717, 1.165) is 19.3 Å². The second kappa shape index (κ2) is 1.57. The lowest BCUT2D eigenvalue weighted by atomic mass is 10.00. The molecule has 1 fully saturated rings. The number of hydrogen-bond acceptors (Lipinski definition) is 1. The van der Waals surface area contributed by atoms with Crippen molar-refractivity contribution in [3.8, 4) is 0 Å². The summed E-state index contributed by atoms with van der Waals surface area (Å²) >= 11 is 0. The van der Waals surface area contributed by atoms with Gasteiger partial charge in [-0.05, 0) is 26.2 Å². The van der Waals surface area contributed by atoms with E-state index in [1.807, 2.05) is 0 Å². The van der Waals surface area contributed by atoms with Crippen LogP contribution in [0.4, 0.5) is 0 Å². The number of carbonyl (C=O) groups excluding carboxylic acids is 1. The van der Waals surface area contributed by atoms with E-state index in [4.69, 9.17) is 0 Å². The molecule has 0 heterocycles. The number of rotatable bonds is 2. The molecule has 1 rings (SSSR count). The molecule has 46 valence electrons. The summed E-state index contributed by atoms with van der Waals surface area (Å²) in [7, 11) is 0. The molecule has 8 heavy (non-hydrogen) atoms. The molecule has 1 aliphatic rings. The van der Waals surface area contributed by atoms with Crippen molar-refractivity contribution in [1.29, 1.82) is 0 Å². The number of Topliss-reactive ketones (excluding diaryl/α,β-unsaturated/α-hetero) is 1. The SMILES string of the molecule is CCC1(C(C)=O)CC1. The van der Waals surface area contributed by atoms with Crippen LogP contribution in [0.1, 0.15) is 33.1 Å². The Bertz CT molecular complexity index is 112. The fourth-order valence-electron chi connectivity index (χ4n) is 1.11. The lowest BCUT2D eigenvalue weighted by Gasteiger charge is -2.03. The van der Waals surface area contributed by atoms with E-state index in [1.54, 1.807) is 6.92 Å². The Morgan fingerprint density at radius 1 is 1.62 bits per heavy atom. The average molecular weight is 112 g/mol. The molecule has 0 saturated heterocycles. The van der Waals surface area contributed by atoms with Crippen LogP contribution in [0.3, 0.4) is 0 Å². The zero-order chi connectivity index (χ0) is 6.20. The van der Waals surface area contributed by atoms with Gasteiger partial charge in [-0.1, -0.05) is 6.92 Å². The molecule has 0 atom stereocenters. The van der Waals surface area contributed by atoms with Crippen molar-refractivity contribution in [3.63, 3.8) is 0 Å². The van der Waals surface area contributed by atoms with Gasteiger partial charge in [0.15, 0.2) is 0 Å². The van der Waals surface area contributed by atoms with Gasteiger partial charge < -0.3 is 0 Å². The number of ketones is 1. The summed E-state index contributed by atoms with van der Waals surface area (Å²) in [6.45, 7) is 3.80. The molecule has 0 spiro atoms. The van der Waals surface area contributed by atoms with Gasteiger partial charge in [0, 0.05) is 5.41 Å². The van der Waals surface area contributed by atoms with Gasteiger partial charge in [-0.25, -0.2) is 0 Å². The molecule has 0 bridgehead atoms. The summed E-state index contributed by atoms with van der Waals surface area (Å²) < 4.78 is 0. The number of hydrogen-bond donors (Lipinski definition) is 0. The van der Waals surface area contributed by atoms with Crippen molar-refractivity contribution in [3.05, 3.63) is 0 Å². The molecule has 0 aromatic carbocycles. The first-order valence-electron chi connectivity index (χ1n) is 3.22.